The number of hydrogen-bond donors (Lipinski definition) is 1. The molecule has 0 radical (unpaired) electrons. The number of nitrogens with zero attached hydrogens (tertiary/aromatic N) is 1. The van der Waals surface area contributed by atoms with Crippen molar-refractivity contribution in [2.75, 3.05) is 19.7 Å². The van der Waals surface area contributed by atoms with Crippen LogP contribution in [0.1, 0.15) is 42.9 Å². The summed E-state index contributed by atoms with van der Waals surface area (Å²) < 4.78 is 5.12. The molecule has 1 atom stereocenters. The molecule has 1 heterocycles. The van der Waals surface area contributed by atoms with Crippen molar-refractivity contribution in [3.05, 3.63) is 70.7 Å². The second-order valence-corrected chi connectivity index (χ2v) is 7.69. The van der Waals surface area contributed by atoms with Gasteiger partial charge in [0.2, 0.25) is 5.91 Å². The van der Waals surface area contributed by atoms with Gasteiger partial charge in [0.25, 0.3) is 5.91 Å². The van der Waals surface area contributed by atoms with E-state index in [4.69, 9.17) is 16.3 Å². The van der Waals surface area contributed by atoms with Gasteiger partial charge in [0, 0.05) is 18.0 Å². The molecule has 0 spiro atoms. The van der Waals surface area contributed by atoms with E-state index in [1.165, 1.54) is 4.90 Å². The fraction of sp³-hybridized carbons (Fsp3) is 0.348. The largest absolute Gasteiger partial charge is 0.454 e. The van der Waals surface area contributed by atoms with Crippen molar-refractivity contribution >= 4 is 29.4 Å². The van der Waals surface area contributed by atoms with Crippen LogP contribution in [0.25, 0.3) is 0 Å². The molecule has 0 bridgehead atoms. The summed E-state index contributed by atoms with van der Waals surface area (Å²) in [6.45, 7) is 0.0238. The Hall–Kier alpha value is -2.86. The van der Waals surface area contributed by atoms with Crippen LogP contribution in [0.2, 0.25) is 5.02 Å². The summed E-state index contributed by atoms with van der Waals surface area (Å²) in [5.74, 6) is -1.04. The molecule has 3 rings (SSSR count). The van der Waals surface area contributed by atoms with Crippen LogP contribution in [-0.2, 0) is 19.1 Å². The fourth-order valence-electron chi connectivity index (χ4n) is 3.42. The highest BCUT2D eigenvalue weighted by Gasteiger charge is 2.21. The zero-order valence-corrected chi connectivity index (χ0v) is 17.4. The van der Waals surface area contributed by atoms with Gasteiger partial charge >= 0.3 is 5.97 Å². The number of likely N-dealkylation sites (tertiary alicyclic amines) is 1. The zero-order valence-electron chi connectivity index (χ0n) is 16.7. The second kappa shape index (κ2) is 10.8. The number of hydrogen-bond acceptors (Lipinski definition) is 4. The molecule has 1 saturated heterocycles. The van der Waals surface area contributed by atoms with E-state index in [9.17, 15) is 14.4 Å². The monoisotopic (exact) mass is 428 g/mol. The molecule has 2 aromatic carbocycles. The van der Waals surface area contributed by atoms with Gasteiger partial charge in [-0.25, -0.2) is 0 Å². The van der Waals surface area contributed by atoms with E-state index in [0.717, 1.165) is 30.4 Å². The Morgan fingerprint density at radius 2 is 1.70 bits per heavy atom. The minimum atomic E-state index is -0.580. The smallest absolute Gasteiger partial charge is 0.326 e. The van der Waals surface area contributed by atoms with Crippen LogP contribution >= 0.6 is 11.6 Å². The molecular formula is C23H25ClN2O4. The van der Waals surface area contributed by atoms with Crippen LogP contribution in [0.15, 0.2) is 54.6 Å². The van der Waals surface area contributed by atoms with Gasteiger partial charge in [0.1, 0.15) is 6.54 Å². The van der Waals surface area contributed by atoms with Crippen LogP contribution in [0.5, 0.6) is 0 Å². The maximum atomic E-state index is 12.5. The van der Waals surface area contributed by atoms with E-state index in [1.54, 1.807) is 12.1 Å². The van der Waals surface area contributed by atoms with Crippen molar-refractivity contribution in [2.45, 2.75) is 31.7 Å². The molecule has 0 aliphatic carbocycles. The van der Waals surface area contributed by atoms with Crippen LogP contribution < -0.4 is 5.32 Å². The summed E-state index contributed by atoms with van der Waals surface area (Å²) >= 11 is 5.98. The number of esters is 1. The molecule has 0 aromatic heterocycles. The van der Waals surface area contributed by atoms with E-state index in [0.29, 0.717) is 18.0 Å². The Balaban J connectivity index is 1.58. The highest BCUT2D eigenvalue weighted by Crippen LogP contribution is 2.23. The van der Waals surface area contributed by atoms with E-state index in [1.807, 2.05) is 42.5 Å². The van der Waals surface area contributed by atoms with Crippen molar-refractivity contribution in [3.63, 3.8) is 0 Å². The predicted octanol–water partition coefficient (Wildman–Crippen LogP) is 3.49. The lowest BCUT2D eigenvalue weighted by atomic mass is 9.99. The zero-order chi connectivity index (χ0) is 21.3. The molecule has 6 nitrogen and oxygen atoms in total. The first-order valence-corrected chi connectivity index (χ1v) is 10.4. The molecule has 2 aromatic rings. The molecule has 1 aliphatic heterocycles. The van der Waals surface area contributed by atoms with Gasteiger partial charge < -0.3 is 15.0 Å². The van der Waals surface area contributed by atoms with Gasteiger partial charge in [-0.1, -0.05) is 60.5 Å². The van der Waals surface area contributed by atoms with E-state index >= 15 is 0 Å². The van der Waals surface area contributed by atoms with Crippen molar-refractivity contribution in [3.8, 4) is 0 Å². The lowest BCUT2D eigenvalue weighted by Gasteiger charge is -2.21. The Kier molecular flexibility index (Phi) is 7.85. The van der Waals surface area contributed by atoms with Crippen LogP contribution in [0.4, 0.5) is 0 Å². The number of nitrogens with one attached hydrogen (secondary N) is 1. The number of carbonyl (C=O) groups excluding carboxylic acids is 3. The molecule has 1 fully saturated rings. The first-order chi connectivity index (χ1) is 14.5. The lowest BCUT2D eigenvalue weighted by molar-refractivity contribution is -0.152. The summed E-state index contributed by atoms with van der Waals surface area (Å²) in [5.41, 5.74) is 1.76. The number of amides is 2. The minimum absolute atomic E-state index is 0.0409. The second-order valence-electron chi connectivity index (χ2n) is 7.25. The molecule has 0 saturated carbocycles. The maximum Gasteiger partial charge on any atom is 0.326 e. The van der Waals surface area contributed by atoms with Gasteiger partial charge in [-0.2, -0.15) is 0 Å². The van der Waals surface area contributed by atoms with Gasteiger partial charge in [-0.15, -0.1) is 0 Å². The third-order valence-corrected chi connectivity index (χ3v) is 5.25. The maximum absolute atomic E-state index is 12.5. The molecular weight excluding hydrogens is 404 g/mol. The number of rotatable bonds is 7. The van der Waals surface area contributed by atoms with Crippen LogP contribution in [0, 0.1) is 0 Å². The van der Waals surface area contributed by atoms with Crippen molar-refractivity contribution in [1.29, 1.82) is 0 Å². The van der Waals surface area contributed by atoms with Crippen LogP contribution in [-0.4, -0.2) is 42.4 Å². The quantitative estimate of drug-likeness (QED) is 0.685. The summed E-state index contributed by atoms with van der Waals surface area (Å²) in [6.07, 6.45) is 3.15. The molecule has 1 N–H and O–H groups in total. The van der Waals surface area contributed by atoms with Gasteiger partial charge in [0.05, 0.1) is 6.04 Å². The molecule has 30 heavy (non-hydrogen) atoms. The number of benzene rings is 2. The Morgan fingerprint density at radius 1 is 1.00 bits per heavy atom. The predicted molar refractivity (Wildman–Crippen MR) is 114 cm³/mol. The normalized spacial score (nSPS) is 15.2. The number of ether oxygens (including phenoxy) is 1. The Labute approximate surface area is 181 Å². The van der Waals surface area contributed by atoms with Gasteiger partial charge in [-0.3, -0.25) is 14.4 Å². The van der Waals surface area contributed by atoms with Gasteiger partial charge in [0.15, 0.2) is 6.61 Å². The first kappa shape index (κ1) is 21.8. The average molecular weight is 429 g/mol. The van der Waals surface area contributed by atoms with E-state index < -0.39 is 24.5 Å². The standard InChI is InChI=1S/C23H25ClN2O4/c24-19-12-10-18(11-13-19)23(17-7-3-1-4-8-17)25-20(27)16-30-22(29)15-26-14-6-2-5-9-21(26)28/h1,3-4,7-8,10-13,23H,2,5-6,9,14-16H2,(H,25,27). The summed E-state index contributed by atoms with van der Waals surface area (Å²) in [6, 6.07) is 16.3. The summed E-state index contributed by atoms with van der Waals surface area (Å²) in [5, 5.41) is 3.51. The summed E-state index contributed by atoms with van der Waals surface area (Å²) in [7, 11) is 0. The van der Waals surface area contributed by atoms with E-state index in [2.05, 4.69) is 5.32 Å². The highest BCUT2D eigenvalue weighted by molar-refractivity contribution is 6.30. The van der Waals surface area contributed by atoms with Crippen molar-refractivity contribution in [1.82, 2.24) is 10.2 Å². The molecule has 158 valence electrons. The first-order valence-electron chi connectivity index (χ1n) is 10.1. The minimum Gasteiger partial charge on any atom is -0.454 e. The van der Waals surface area contributed by atoms with Crippen molar-refractivity contribution < 1.29 is 19.1 Å². The molecule has 1 aliphatic rings. The fourth-order valence-corrected chi connectivity index (χ4v) is 3.54. The molecule has 1 unspecified atom stereocenters. The van der Waals surface area contributed by atoms with E-state index in [-0.39, 0.29) is 12.5 Å². The third-order valence-electron chi connectivity index (χ3n) is 5.00. The highest BCUT2D eigenvalue weighted by atomic mass is 35.5. The number of carbonyl (C=O) groups is 3. The molecule has 2 amide bonds. The van der Waals surface area contributed by atoms with Crippen LogP contribution in [0.3, 0.4) is 0 Å². The average Bonchev–Trinajstić information content (AvgIpc) is 2.96. The van der Waals surface area contributed by atoms with Crippen molar-refractivity contribution in [2.24, 2.45) is 0 Å². The Bertz CT molecular complexity index is 871. The SMILES string of the molecule is O=C(COC(=O)CN1CCCCCC1=O)NC(c1ccccc1)c1ccc(Cl)cc1. The van der Waals surface area contributed by atoms with Gasteiger partial charge in [-0.05, 0) is 36.1 Å². The summed E-state index contributed by atoms with van der Waals surface area (Å²) in [4.78, 5) is 38.1. The number of halogens is 1. The lowest BCUT2D eigenvalue weighted by Crippen LogP contribution is -2.38. The third kappa shape index (κ3) is 6.32. The Morgan fingerprint density at radius 3 is 2.43 bits per heavy atom. The molecule has 7 heteroatoms. The topological polar surface area (TPSA) is 75.7 Å².